The molecule has 1 aromatic heterocycles. The maximum Gasteiger partial charge on any atom is 0.413 e. The van der Waals surface area contributed by atoms with Crippen LogP contribution < -0.4 is 5.32 Å². The number of hydrogen-bond acceptors (Lipinski definition) is 3. The number of rotatable bonds is 2. The van der Waals surface area contributed by atoms with E-state index in [1.807, 2.05) is 26.8 Å². The Bertz CT molecular complexity index is 416. The SMILES string of the molecule is CC(C)(C)OC(=O)Nc1ncc(Br)cc1CBr. The van der Waals surface area contributed by atoms with Crippen molar-refractivity contribution in [1.82, 2.24) is 4.98 Å². The van der Waals surface area contributed by atoms with Crippen LogP contribution in [0.5, 0.6) is 0 Å². The molecule has 17 heavy (non-hydrogen) atoms. The maximum atomic E-state index is 11.6. The minimum absolute atomic E-state index is 0.499. The van der Waals surface area contributed by atoms with Gasteiger partial charge in [-0.25, -0.2) is 9.78 Å². The Balaban J connectivity index is 2.78. The molecule has 0 fully saturated rings. The highest BCUT2D eigenvalue weighted by atomic mass is 79.9. The zero-order valence-electron chi connectivity index (χ0n) is 9.88. The molecule has 0 atom stereocenters. The molecule has 4 nitrogen and oxygen atoms in total. The predicted octanol–water partition coefficient (Wildman–Crippen LogP) is 4.09. The summed E-state index contributed by atoms with van der Waals surface area (Å²) in [5.74, 6) is 0.499. The van der Waals surface area contributed by atoms with E-state index >= 15 is 0 Å². The molecule has 1 rings (SSSR count). The van der Waals surface area contributed by atoms with E-state index in [1.54, 1.807) is 6.20 Å². The van der Waals surface area contributed by atoms with Crippen molar-refractivity contribution < 1.29 is 9.53 Å². The lowest BCUT2D eigenvalue weighted by molar-refractivity contribution is 0.0635. The van der Waals surface area contributed by atoms with Crippen LogP contribution in [-0.2, 0) is 10.1 Å². The van der Waals surface area contributed by atoms with Crippen LogP contribution >= 0.6 is 31.9 Å². The van der Waals surface area contributed by atoms with Gasteiger partial charge in [-0.3, -0.25) is 5.32 Å². The number of carbonyl (C=O) groups excluding carboxylic acids is 1. The van der Waals surface area contributed by atoms with Gasteiger partial charge in [0.15, 0.2) is 0 Å². The van der Waals surface area contributed by atoms with Gasteiger partial charge in [-0.2, -0.15) is 0 Å². The molecule has 0 aliphatic carbocycles. The van der Waals surface area contributed by atoms with E-state index in [0.717, 1.165) is 10.0 Å². The van der Waals surface area contributed by atoms with Gasteiger partial charge >= 0.3 is 6.09 Å². The van der Waals surface area contributed by atoms with Crippen molar-refractivity contribution in [2.75, 3.05) is 5.32 Å². The minimum Gasteiger partial charge on any atom is -0.444 e. The van der Waals surface area contributed by atoms with Gasteiger partial charge in [-0.15, -0.1) is 0 Å². The summed E-state index contributed by atoms with van der Waals surface area (Å²) in [6, 6.07) is 1.88. The van der Waals surface area contributed by atoms with Gasteiger partial charge in [-0.05, 0) is 42.8 Å². The summed E-state index contributed by atoms with van der Waals surface area (Å²) < 4.78 is 6.02. The Labute approximate surface area is 117 Å². The maximum absolute atomic E-state index is 11.6. The van der Waals surface area contributed by atoms with E-state index in [1.165, 1.54) is 0 Å². The molecule has 0 aliphatic rings. The van der Waals surface area contributed by atoms with Crippen molar-refractivity contribution in [3.05, 3.63) is 22.3 Å². The van der Waals surface area contributed by atoms with Crippen molar-refractivity contribution >= 4 is 43.8 Å². The number of carbonyl (C=O) groups is 1. The fourth-order valence-electron chi connectivity index (χ4n) is 1.10. The highest BCUT2D eigenvalue weighted by Crippen LogP contribution is 2.21. The molecule has 1 amide bonds. The number of anilines is 1. The number of amides is 1. The van der Waals surface area contributed by atoms with Crippen molar-refractivity contribution in [3.8, 4) is 0 Å². The Hall–Kier alpha value is -0.620. The third kappa shape index (κ3) is 5.04. The van der Waals surface area contributed by atoms with Gasteiger partial charge in [0, 0.05) is 21.6 Å². The summed E-state index contributed by atoms with van der Waals surface area (Å²) in [4.78, 5) is 15.7. The lowest BCUT2D eigenvalue weighted by atomic mass is 10.2. The Kier molecular flexibility index (Phi) is 4.94. The van der Waals surface area contributed by atoms with E-state index in [9.17, 15) is 4.79 Å². The molecule has 6 heteroatoms. The third-order valence-electron chi connectivity index (χ3n) is 1.70. The molecule has 0 aliphatic heterocycles. The van der Waals surface area contributed by atoms with Crippen LogP contribution in [0.4, 0.5) is 10.6 Å². The third-order valence-corrected chi connectivity index (χ3v) is 2.73. The zero-order valence-corrected chi connectivity index (χ0v) is 13.1. The summed E-state index contributed by atoms with van der Waals surface area (Å²) >= 11 is 6.67. The molecular weight excluding hydrogens is 352 g/mol. The second-order valence-electron chi connectivity index (χ2n) is 4.42. The molecule has 0 bridgehead atoms. The first-order chi connectivity index (χ1) is 7.81. The average molecular weight is 366 g/mol. The van der Waals surface area contributed by atoms with E-state index in [0.29, 0.717) is 11.1 Å². The molecule has 0 radical (unpaired) electrons. The van der Waals surface area contributed by atoms with Gasteiger partial charge in [0.1, 0.15) is 11.4 Å². The first kappa shape index (κ1) is 14.4. The highest BCUT2D eigenvalue weighted by Gasteiger charge is 2.17. The van der Waals surface area contributed by atoms with Crippen LogP contribution in [-0.4, -0.2) is 16.7 Å². The Morgan fingerprint density at radius 1 is 1.53 bits per heavy atom. The largest absolute Gasteiger partial charge is 0.444 e. The van der Waals surface area contributed by atoms with Crippen LogP contribution in [0.1, 0.15) is 26.3 Å². The number of ether oxygens (including phenoxy) is 1. The second kappa shape index (κ2) is 5.82. The van der Waals surface area contributed by atoms with Gasteiger partial charge in [0.05, 0.1) is 0 Å². The quantitative estimate of drug-likeness (QED) is 0.803. The first-order valence-electron chi connectivity index (χ1n) is 5.02. The standard InChI is InChI=1S/C11H14Br2N2O2/c1-11(2,3)17-10(16)15-9-7(5-12)4-8(13)6-14-9/h4,6H,5H2,1-3H3,(H,14,15,16). The summed E-state index contributed by atoms with van der Waals surface area (Å²) in [5, 5.41) is 3.22. The number of nitrogens with zero attached hydrogens (tertiary/aromatic N) is 1. The molecule has 0 aromatic carbocycles. The lowest BCUT2D eigenvalue weighted by Crippen LogP contribution is -2.27. The van der Waals surface area contributed by atoms with Crippen molar-refractivity contribution in [3.63, 3.8) is 0 Å². The number of halogens is 2. The highest BCUT2D eigenvalue weighted by molar-refractivity contribution is 9.10. The molecule has 1 N–H and O–H groups in total. The predicted molar refractivity (Wildman–Crippen MR) is 74.4 cm³/mol. The molecule has 0 saturated carbocycles. The summed E-state index contributed by atoms with van der Waals surface area (Å²) in [7, 11) is 0. The van der Waals surface area contributed by atoms with Gasteiger partial charge < -0.3 is 4.74 Å². The topological polar surface area (TPSA) is 51.2 Å². The lowest BCUT2D eigenvalue weighted by Gasteiger charge is -2.20. The van der Waals surface area contributed by atoms with E-state index in [4.69, 9.17) is 4.74 Å². The van der Waals surface area contributed by atoms with Crippen LogP contribution in [0.3, 0.4) is 0 Å². The van der Waals surface area contributed by atoms with Crippen molar-refractivity contribution in [2.24, 2.45) is 0 Å². The minimum atomic E-state index is -0.520. The van der Waals surface area contributed by atoms with Crippen molar-refractivity contribution in [2.45, 2.75) is 31.7 Å². The zero-order chi connectivity index (χ0) is 13.1. The molecule has 0 saturated heterocycles. The van der Waals surface area contributed by atoms with E-state index in [2.05, 4.69) is 42.2 Å². The fourth-order valence-corrected chi connectivity index (χ4v) is 1.90. The molecular formula is C11H14Br2N2O2. The van der Waals surface area contributed by atoms with Crippen LogP contribution in [0, 0.1) is 0 Å². The summed E-state index contributed by atoms with van der Waals surface area (Å²) in [5.41, 5.74) is 0.360. The summed E-state index contributed by atoms with van der Waals surface area (Å²) in [6.07, 6.45) is 1.12. The number of aromatic nitrogens is 1. The summed E-state index contributed by atoms with van der Waals surface area (Å²) in [6.45, 7) is 5.44. The van der Waals surface area contributed by atoms with Crippen LogP contribution in [0.15, 0.2) is 16.7 Å². The average Bonchev–Trinajstić information content (AvgIpc) is 2.17. The van der Waals surface area contributed by atoms with Gasteiger partial charge in [-0.1, -0.05) is 15.9 Å². The number of pyridine rings is 1. The van der Waals surface area contributed by atoms with E-state index in [-0.39, 0.29) is 0 Å². The molecule has 94 valence electrons. The van der Waals surface area contributed by atoms with Crippen LogP contribution in [0.25, 0.3) is 0 Å². The monoisotopic (exact) mass is 364 g/mol. The number of hydrogen-bond donors (Lipinski definition) is 1. The molecule has 1 aromatic rings. The van der Waals surface area contributed by atoms with Gasteiger partial charge in [0.25, 0.3) is 0 Å². The smallest absolute Gasteiger partial charge is 0.413 e. The molecule has 1 heterocycles. The second-order valence-corrected chi connectivity index (χ2v) is 5.90. The van der Waals surface area contributed by atoms with E-state index < -0.39 is 11.7 Å². The normalized spacial score (nSPS) is 11.1. The molecule has 0 spiro atoms. The first-order valence-corrected chi connectivity index (χ1v) is 6.93. The van der Waals surface area contributed by atoms with Crippen LogP contribution in [0.2, 0.25) is 0 Å². The number of alkyl halides is 1. The van der Waals surface area contributed by atoms with Gasteiger partial charge in [0.2, 0.25) is 0 Å². The Morgan fingerprint density at radius 2 is 2.18 bits per heavy atom. The fraction of sp³-hybridized carbons (Fsp3) is 0.455. The Morgan fingerprint density at radius 3 is 2.71 bits per heavy atom. The van der Waals surface area contributed by atoms with Crippen molar-refractivity contribution in [1.29, 1.82) is 0 Å². The molecule has 0 unspecified atom stereocenters. The number of nitrogens with one attached hydrogen (secondary N) is 1.